The molecule has 0 amide bonds. The van der Waals surface area contributed by atoms with E-state index in [0.29, 0.717) is 0 Å². The van der Waals surface area contributed by atoms with Crippen molar-refractivity contribution in [3.8, 4) is 6.07 Å². The molecule has 0 unspecified atom stereocenters. The molecule has 265 valence electrons. The molecular weight excluding hydrogens is 785 g/mol. The Balaban J connectivity index is 0.00000131. The van der Waals surface area contributed by atoms with Gasteiger partial charge in [-0.2, -0.15) is 5.26 Å². The zero-order chi connectivity index (χ0) is 35.9. The summed E-state index contributed by atoms with van der Waals surface area (Å²) in [6, 6.07) is 85.0. The molecule has 7 aromatic rings. The number of hydrogen-bond acceptors (Lipinski definition) is 1. The van der Waals surface area contributed by atoms with Crippen LogP contribution in [-0.4, -0.2) is 24.3 Å². The van der Waals surface area contributed by atoms with Crippen LogP contribution in [-0.2, 0) is 19.5 Å². The van der Waals surface area contributed by atoms with Crippen molar-refractivity contribution in [2.45, 2.75) is 6.92 Å². The van der Waals surface area contributed by atoms with Crippen LogP contribution in [0, 0.1) is 11.3 Å². The summed E-state index contributed by atoms with van der Waals surface area (Å²) in [5, 5.41) is 16.1. The Bertz CT molecular complexity index is 1760. The Hall–Kier alpha value is -3.99. The van der Waals surface area contributed by atoms with E-state index in [-0.39, 0.29) is 19.5 Å². The number of hydrogen-bond donors (Lipinski definition) is 0. The van der Waals surface area contributed by atoms with Crippen molar-refractivity contribution in [3.63, 3.8) is 0 Å². The van der Waals surface area contributed by atoms with Crippen molar-refractivity contribution in [1.29, 1.82) is 5.26 Å². The van der Waals surface area contributed by atoms with Crippen LogP contribution in [0.2, 0.25) is 0 Å². The van der Waals surface area contributed by atoms with Gasteiger partial charge in [-0.15, -0.1) is 18.2 Å². The minimum atomic E-state index is -1.14. The molecule has 7 rings (SSSR count). The summed E-state index contributed by atoms with van der Waals surface area (Å²) >= 11 is 0. The number of nitrogens with zero attached hydrogens (tertiary/aromatic N) is 1. The minimum absolute atomic E-state index is 0. The first-order chi connectivity index (χ1) is 25.7. The summed E-state index contributed by atoms with van der Waals surface area (Å²) in [5.41, 5.74) is 1.51. The van der Waals surface area contributed by atoms with E-state index < -0.39 is 29.9 Å². The average Bonchev–Trinajstić information content (AvgIpc) is 3.23. The molecule has 0 spiro atoms. The van der Waals surface area contributed by atoms with E-state index in [1.807, 2.05) is 0 Å². The van der Waals surface area contributed by atoms with Gasteiger partial charge >= 0.3 is 0 Å². The van der Waals surface area contributed by atoms with E-state index >= 15 is 0 Å². The van der Waals surface area contributed by atoms with Crippen molar-refractivity contribution < 1.29 is 19.5 Å². The molecule has 0 bridgehead atoms. The third kappa shape index (κ3) is 10.8. The molecule has 0 aliphatic carbocycles. The molecule has 0 saturated heterocycles. The molecule has 1 radical (unpaired) electrons. The third-order valence-electron chi connectivity index (χ3n) is 9.51. The van der Waals surface area contributed by atoms with Gasteiger partial charge in [-0.3, -0.25) is 0 Å². The fraction of sp³-hybridized carbons (Fsp3) is 0.0851. The van der Waals surface area contributed by atoms with Crippen LogP contribution in [0.15, 0.2) is 212 Å². The summed E-state index contributed by atoms with van der Waals surface area (Å²) in [6.07, 6.45) is -1.14. The van der Waals surface area contributed by atoms with Gasteiger partial charge in [0.05, 0.1) is 6.07 Å². The molecule has 0 fully saturated rings. The van der Waals surface area contributed by atoms with Gasteiger partial charge in [0.15, 0.2) is 0 Å². The van der Waals surface area contributed by atoms with E-state index in [9.17, 15) is 0 Å². The normalized spacial score (nSPS) is 10.9. The van der Waals surface area contributed by atoms with Crippen molar-refractivity contribution in [2.24, 2.45) is 0 Å². The molecule has 7 aromatic carbocycles. The smallest absolute Gasteiger partial charge is 0.0587 e. The predicted molar refractivity (Wildman–Crippen MR) is 235 cm³/mol. The van der Waals surface area contributed by atoms with Crippen LogP contribution in [0.3, 0.4) is 0 Å². The summed E-state index contributed by atoms with van der Waals surface area (Å²) < 4.78 is 0. The van der Waals surface area contributed by atoms with Crippen LogP contribution < -0.4 is 37.3 Å². The van der Waals surface area contributed by atoms with Gasteiger partial charge in [-0.1, -0.05) is 236 Å². The van der Waals surface area contributed by atoms with E-state index in [2.05, 4.69) is 212 Å². The Morgan fingerprint density at radius 3 is 0.717 bits per heavy atom. The fourth-order valence-electron chi connectivity index (χ4n) is 7.13. The molecule has 53 heavy (non-hydrogen) atoms. The Morgan fingerprint density at radius 1 is 0.358 bits per heavy atom. The standard InChI is InChI=1S/C45H41BP3.C2H3N.Rh/c1-8-22-39(23-9-1)46(36-47(40-24-10-2-11-25-40)41-26-12-3-13-27-41,37-48(42-28-14-4-15-29-42)43-30-16-5-17-31-43)38-49(44-32-18-6-19-33-44)45-34-20-7-21-35-45;1-2-3;/h1-35H,36-38H2;1H3;/q-1;;. The topological polar surface area (TPSA) is 23.8 Å². The predicted octanol–water partition coefficient (Wildman–Crippen LogP) is 8.89. The number of benzene rings is 7. The van der Waals surface area contributed by atoms with Crippen LogP contribution >= 0.6 is 23.8 Å². The number of rotatable bonds is 13. The van der Waals surface area contributed by atoms with Gasteiger partial charge in [-0.25, -0.2) is 5.46 Å². The number of nitriles is 1. The summed E-state index contributed by atoms with van der Waals surface area (Å²) in [6.45, 7) is 1.43. The van der Waals surface area contributed by atoms with E-state index in [4.69, 9.17) is 5.26 Å². The van der Waals surface area contributed by atoms with Gasteiger partial charge in [0.1, 0.15) is 0 Å². The van der Waals surface area contributed by atoms with Crippen LogP contribution in [0.1, 0.15) is 6.92 Å². The molecule has 0 saturated carbocycles. The maximum Gasteiger partial charge on any atom is 0.0587 e. The van der Waals surface area contributed by atoms with E-state index in [0.717, 1.165) is 18.2 Å². The van der Waals surface area contributed by atoms with Crippen molar-refractivity contribution >= 4 is 67.2 Å². The summed E-state index contributed by atoms with van der Waals surface area (Å²) in [7, 11) is -1.95. The molecular formula is C47H44BNP3Rh-. The van der Waals surface area contributed by atoms with Crippen molar-refractivity contribution in [1.82, 2.24) is 0 Å². The molecule has 0 N–H and O–H groups in total. The molecule has 1 nitrogen and oxygen atoms in total. The van der Waals surface area contributed by atoms with E-state index in [1.165, 1.54) is 44.2 Å². The fourth-order valence-corrected chi connectivity index (χ4v) is 16.6. The second kappa shape index (κ2) is 21.0. The Labute approximate surface area is 333 Å². The monoisotopic (exact) mass is 829 g/mol. The maximum atomic E-state index is 7.32. The van der Waals surface area contributed by atoms with Crippen molar-refractivity contribution in [2.75, 3.05) is 18.2 Å². The SMILES string of the molecule is CC#N.[Rh].c1ccc(P(C[B-](CP(c2ccccc2)c2ccccc2)(CP(c2ccccc2)c2ccccc2)c2ccccc2)c2ccccc2)cc1. The molecule has 0 atom stereocenters. The largest absolute Gasteiger partial charge is 0.209 e. The van der Waals surface area contributed by atoms with Gasteiger partial charge in [-0.05, 0) is 31.8 Å². The zero-order valence-electron chi connectivity index (χ0n) is 30.0. The minimum Gasteiger partial charge on any atom is -0.209 e. The van der Waals surface area contributed by atoms with Gasteiger partial charge < -0.3 is 0 Å². The van der Waals surface area contributed by atoms with Gasteiger partial charge in [0.2, 0.25) is 0 Å². The molecule has 6 heteroatoms. The third-order valence-corrected chi connectivity index (χ3v) is 18.2. The Morgan fingerprint density at radius 2 is 0.528 bits per heavy atom. The van der Waals surface area contributed by atoms with Crippen LogP contribution in [0.25, 0.3) is 0 Å². The first-order valence-electron chi connectivity index (χ1n) is 17.9. The van der Waals surface area contributed by atoms with E-state index in [1.54, 1.807) is 6.07 Å². The van der Waals surface area contributed by atoms with Gasteiger partial charge in [0.25, 0.3) is 0 Å². The second-order valence-corrected chi connectivity index (χ2v) is 19.7. The summed E-state index contributed by atoms with van der Waals surface area (Å²) in [4.78, 5) is 0. The summed E-state index contributed by atoms with van der Waals surface area (Å²) in [5.74, 6) is 0. The molecule has 0 aliphatic rings. The Kier molecular flexibility index (Phi) is 16.0. The molecule has 0 aliphatic heterocycles. The molecule has 0 aromatic heterocycles. The maximum absolute atomic E-state index is 7.32. The van der Waals surface area contributed by atoms with Crippen LogP contribution in [0.4, 0.5) is 0 Å². The molecule has 0 heterocycles. The zero-order valence-corrected chi connectivity index (χ0v) is 34.4. The quantitative estimate of drug-likeness (QED) is 0.0843. The van der Waals surface area contributed by atoms with Crippen LogP contribution in [0.5, 0.6) is 0 Å². The first kappa shape index (κ1) is 40.2. The second-order valence-electron chi connectivity index (χ2n) is 13.0. The van der Waals surface area contributed by atoms with Crippen molar-refractivity contribution in [3.05, 3.63) is 212 Å². The first-order valence-corrected chi connectivity index (χ1v) is 22.5. The van der Waals surface area contributed by atoms with Gasteiger partial charge in [0, 0.05) is 32.5 Å². The average molecular weight is 830 g/mol.